The van der Waals surface area contributed by atoms with Crippen LogP contribution in [0.1, 0.15) is 26.3 Å². The van der Waals surface area contributed by atoms with Gasteiger partial charge < -0.3 is 5.11 Å². The molecule has 0 aliphatic carbocycles. The second-order valence-corrected chi connectivity index (χ2v) is 3.84. The number of Topliss-reactive ketones (excluding diaryl/α,β-unsaturated/α-hetero) is 1. The number of rotatable bonds is 4. The monoisotopic (exact) mass is 241 g/mol. The number of hydrogen-bond donors (Lipinski definition) is 1. The molecule has 0 aliphatic heterocycles. The van der Waals surface area contributed by atoms with Crippen molar-refractivity contribution in [1.29, 1.82) is 0 Å². The smallest absolute Gasteiger partial charge is 0.335 e. The van der Waals surface area contributed by atoms with Crippen molar-refractivity contribution in [3.8, 4) is 0 Å². The Labute approximate surface area is 104 Å². The molecule has 0 unspecified atom stereocenters. The van der Waals surface area contributed by atoms with Crippen molar-refractivity contribution in [2.45, 2.75) is 6.42 Å². The fraction of sp³-hybridized carbons (Fsp3) is 0.0714. The molecule has 0 atom stereocenters. The first kappa shape index (κ1) is 12.0. The largest absolute Gasteiger partial charge is 0.478 e. The van der Waals surface area contributed by atoms with Gasteiger partial charge in [0, 0.05) is 24.4 Å². The molecule has 18 heavy (non-hydrogen) atoms. The first-order valence-electron chi connectivity index (χ1n) is 5.42. The second-order valence-electron chi connectivity index (χ2n) is 3.84. The van der Waals surface area contributed by atoms with Crippen LogP contribution in [-0.2, 0) is 6.42 Å². The van der Waals surface area contributed by atoms with Crippen molar-refractivity contribution in [2.24, 2.45) is 0 Å². The number of aromatic carboxylic acids is 1. The van der Waals surface area contributed by atoms with Gasteiger partial charge in [-0.25, -0.2) is 4.79 Å². The van der Waals surface area contributed by atoms with Gasteiger partial charge in [-0.2, -0.15) is 0 Å². The average Bonchev–Trinajstić information content (AvgIpc) is 2.40. The number of nitrogens with zero attached hydrogens (tertiary/aromatic N) is 1. The van der Waals surface area contributed by atoms with E-state index < -0.39 is 5.97 Å². The number of carbonyl (C=O) groups excluding carboxylic acids is 1. The predicted octanol–water partition coefficient (Wildman–Crippen LogP) is 2.21. The molecule has 2 rings (SSSR count). The molecule has 0 fully saturated rings. The fourth-order valence-corrected chi connectivity index (χ4v) is 1.58. The minimum atomic E-state index is -0.972. The molecule has 1 N–H and O–H groups in total. The van der Waals surface area contributed by atoms with Gasteiger partial charge in [0.25, 0.3) is 0 Å². The lowest BCUT2D eigenvalue weighted by Gasteiger charge is -2.01. The molecule has 1 aromatic carbocycles. The molecule has 1 heterocycles. The zero-order valence-electron chi connectivity index (χ0n) is 9.54. The zero-order valence-corrected chi connectivity index (χ0v) is 9.54. The number of hydrogen-bond acceptors (Lipinski definition) is 3. The van der Waals surface area contributed by atoms with Gasteiger partial charge in [-0.15, -0.1) is 0 Å². The summed E-state index contributed by atoms with van der Waals surface area (Å²) in [4.78, 5) is 26.4. The van der Waals surface area contributed by atoms with Crippen LogP contribution in [0.2, 0.25) is 0 Å². The van der Waals surface area contributed by atoms with E-state index in [2.05, 4.69) is 4.98 Å². The van der Waals surface area contributed by atoms with E-state index in [1.807, 2.05) is 0 Å². The summed E-state index contributed by atoms with van der Waals surface area (Å²) in [5.41, 5.74) is 1.56. The van der Waals surface area contributed by atoms with Crippen molar-refractivity contribution in [3.63, 3.8) is 0 Å². The standard InChI is InChI=1S/C14H11NO3/c16-13(12-2-1-7-15-9-12)8-10-3-5-11(6-4-10)14(17)18/h1-7,9H,8H2,(H,17,18). The molecule has 0 aliphatic rings. The Hall–Kier alpha value is -2.49. The van der Waals surface area contributed by atoms with Crippen molar-refractivity contribution in [1.82, 2.24) is 4.98 Å². The maximum absolute atomic E-state index is 11.9. The molecule has 90 valence electrons. The van der Waals surface area contributed by atoms with Gasteiger partial charge in [-0.05, 0) is 29.8 Å². The maximum Gasteiger partial charge on any atom is 0.335 e. The Kier molecular flexibility index (Phi) is 3.48. The number of carboxylic acids is 1. The number of aromatic nitrogens is 1. The van der Waals surface area contributed by atoms with Gasteiger partial charge in [0.2, 0.25) is 0 Å². The normalized spacial score (nSPS) is 10.0. The summed E-state index contributed by atoms with van der Waals surface area (Å²) < 4.78 is 0. The van der Waals surface area contributed by atoms with Gasteiger partial charge in [0.05, 0.1) is 5.56 Å². The number of pyridine rings is 1. The van der Waals surface area contributed by atoms with E-state index in [1.165, 1.54) is 18.3 Å². The molecule has 4 heteroatoms. The van der Waals surface area contributed by atoms with Gasteiger partial charge in [-0.3, -0.25) is 9.78 Å². The molecular weight excluding hydrogens is 230 g/mol. The highest BCUT2D eigenvalue weighted by molar-refractivity contribution is 5.97. The zero-order chi connectivity index (χ0) is 13.0. The third-order valence-corrected chi connectivity index (χ3v) is 2.55. The highest BCUT2D eigenvalue weighted by Gasteiger charge is 2.08. The Balaban J connectivity index is 2.10. The Morgan fingerprint density at radius 2 is 1.78 bits per heavy atom. The minimum Gasteiger partial charge on any atom is -0.478 e. The van der Waals surface area contributed by atoms with E-state index in [4.69, 9.17) is 5.11 Å². The highest BCUT2D eigenvalue weighted by Crippen LogP contribution is 2.08. The minimum absolute atomic E-state index is 0.0359. The lowest BCUT2D eigenvalue weighted by atomic mass is 10.0. The summed E-state index contributed by atoms with van der Waals surface area (Å²) in [5.74, 6) is -1.01. The third kappa shape index (κ3) is 2.79. The lowest BCUT2D eigenvalue weighted by molar-refractivity contribution is 0.0696. The number of benzene rings is 1. The van der Waals surface area contributed by atoms with Crippen LogP contribution in [-0.4, -0.2) is 21.8 Å². The van der Waals surface area contributed by atoms with Crippen LogP contribution in [0.4, 0.5) is 0 Å². The van der Waals surface area contributed by atoms with Gasteiger partial charge >= 0.3 is 5.97 Å². The second kappa shape index (κ2) is 5.23. The van der Waals surface area contributed by atoms with E-state index in [-0.39, 0.29) is 17.8 Å². The van der Waals surface area contributed by atoms with Crippen molar-refractivity contribution in [3.05, 3.63) is 65.5 Å². The van der Waals surface area contributed by atoms with E-state index in [0.29, 0.717) is 5.56 Å². The molecule has 0 radical (unpaired) electrons. The van der Waals surface area contributed by atoms with Crippen molar-refractivity contribution in [2.75, 3.05) is 0 Å². The summed E-state index contributed by atoms with van der Waals surface area (Å²) >= 11 is 0. The van der Waals surface area contributed by atoms with E-state index in [9.17, 15) is 9.59 Å². The van der Waals surface area contributed by atoms with Crippen LogP contribution in [0.25, 0.3) is 0 Å². The van der Waals surface area contributed by atoms with Crippen molar-refractivity contribution < 1.29 is 14.7 Å². The van der Waals surface area contributed by atoms with Crippen LogP contribution >= 0.6 is 0 Å². The van der Waals surface area contributed by atoms with Crippen LogP contribution < -0.4 is 0 Å². The Morgan fingerprint density at radius 1 is 1.06 bits per heavy atom. The number of carbonyl (C=O) groups is 2. The molecule has 0 saturated heterocycles. The molecule has 0 spiro atoms. The summed E-state index contributed by atoms with van der Waals surface area (Å²) in [5, 5.41) is 8.76. The predicted molar refractivity (Wildman–Crippen MR) is 65.7 cm³/mol. The van der Waals surface area contributed by atoms with E-state index in [0.717, 1.165) is 5.56 Å². The van der Waals surface area contributed by atoms with E-state index >= 15 is 0 Å². The molecular formula is C14H11NO3. The van der Waals surface area contributed by atoms with Gasteiger partial charge in [0.1, 0.15) is 0 Å². The van der Waals surface area contributed by atoms with Gasteiger partial charge in [0.15, 0.2) is 5.78 Å². The Morgan fingerprint density at radius 3 is 2.33 bits per heavy atom. The van der Waals surface area contributed by atoms with Gasteiger partial charge in [-0.1, -0.05) is 12.1 Å². The van der Waals surface area contributed by atoms with Crippen molar-refractivity contribution >= 4 is 11.8 Å². The highest BCUT2D eigenvalue weighted by atomic mass is 16.4. The van der Waals surface area contributed by atoms with Crippen LogP contribution in [0.15, 0.2) is 48.8 Å². The molecule has 2 aromatic rings. The topological polar surface area (TPSA) is 67.3 Å². The number of ketones is 1. The summed E-state index contributed by atoms with van der Waals surface area (Å²) in [7, 11) is 0. The lowest BCUT2D eigenvalue weighted by Crippen LogP contribution is -2.04. The van der Waals surface area contributed by atoms with Crippen LogP contribution in [0, 0.1) is 0 Å². The summed E-state index contributed by atoms with van der Waals surface area (Å²) in [6, 6.07) is 9.71. The Bertz CT molecular complexity index is 561. The maximum atomic E-state index is 11.9. The first-order valence-corrected chi connectivity index (χ1v) is 5.42. The summed E-state index contributed by atoms with van der Waals surface area (Å²) in [6.45, 7) is 0. The molecule has 0 bridgehead atoms. The first-order chi connectivity index (χ1) is 8.66. The fourth-order valence-electron chi connectivity index (χ4n) is 1.58. The molecule has 4 nitrogen and oxygen atoms in total. The van der Waals surface area contributed by atoms with Crippen LogP contribution in [0.3, 0.4) is 0 Å². The average molecular weight is 241 g/mol. The number of carboxylic acid groups (broad SMARTS) is 1. The SMILES string of the molecule is O=C(O)c1ccc(CC(=O)c2cccnc2)cc1. The van der Waals surface area contributed by atoms with E-state index in [1.54, 1.807) is 30.5 Å². The molecule has 0 saturated carbocycles. The van der Waals surface area contributed by atoms with Crippen LogP contribution in [0.5, 0.6) is 0 Å². The molecule has 1 aromatic heterocycles. The summed E-state index contributed by atoms with van der Waals surface area (Å²) in [6.07, 6.45) is 3.37. The molecule has 0 amide bonds. The quantitative estimate of drug-likeness (QED) is 0.833. The third-order valence-electron chi connectivity index (χ3n) is 2.55.